The Morgan fingerprint density at radius 1 is 1.09 bits per heavy atom. The van der Waals surface area contributed by atoms with Crippen LogP contribution in [0.4, 0.5) is 0 Å². The Morgan fingerprint density at radius 3 is 2.50 bits per heavy atom. The summed E-state index contributed by atoms with van der Waals surface area (Å²) in [5, 5.41) is 2.88. The van der Waals surface area contributed by atoms with Crippen LogP contribution in [0.2, 0.25) is 0 Å². The Bertz CT molecular complexity index is 1380. The molecule has 4 aromatic rings. The second kappa shape index (κ2) is 9.66. The molecule has 0 saturated carbocycles. The molecule has 2 N–H and O–H groups in total. The summed E-state index contributed by atoms with van der Waals surface area (Å²) in [7, 11) is -1.03. The molecule has 1 unspecified atom stereocenters. The molecule has 1 aromatic heterocycles. The van der Waals surface area contributed by atoms with Gasteiger partial charge in [0.2, 0.25) is 10.0 Å². The van der Waals surface area contributed by atoms with Crippen LogP contribution in [0.15, 0.2) is 77.7 Å². The summed E-state index contributed by atoms with van der Waals surface area (Å²) in [5.41, 5.74) is 2.73. The Balaban J connectivity index is 1.57. The van der Waals surface area contributed by atoms with E-state index >= 15 is 0 Å². The van der Waals surface area contributed by atoms with Crippen molar-refractivity contribution in [2.75, 3.05) is 14.2 Å². The van der Waals surface area contributed by atoms with Gasteiger partial charge in [0.15, 0.2) is 0 Å². The zero-order valence-corrected chi connectivity index (χ0v) is 20.0. The summed E-state index contributed by atoms with van der Waals surface area (Å²) < 4.78 is 33.2. The van der Waals surface area contributed by atoms with Crippen LogP contribution in [0.25, 0.3) is 11.0 Å². The number of nitrogens with one attached hydrogen (secondary N) is 2. The van der Waals surface area contributed by atoms with Crippen molar-refractivity contribution < 1.29 is 17.9 Å². The van der Waals surface area contributed by atoms with Crippen molar-refractivity contribution in [3.63, 3.8) is 0 Å². The summed E-state index contributed by atoms with van der Waals surface area (Å²) in [4.78, 5) is 20.6. The highest BCUT2D eigenvalue weighted by Crippen LogP contribution is 2.28. The maximum Gasteiger partial charge on any atom is 0.251 e. The lowest BCUT2D eigenvalue weighted by molar-refractivity contribution is 0.0938. The van der Waals surface area contributed by atoms with E-state index in [0.717, 1.165) is 16.6 Å². The molecule has 8 nitrogen and oxygen atoms in total. The van der Waals surface area contributed by atoms with E-state index in [-0.39, 0.29) is 22.8 Å². The van der Waals surface area contributed by atoms with Crippen LogP contribution < -0.4 is 10.1 Å². The number of amides is 1. The topological polar surface area (TPSA) is 104 Å². The van der Waals surface area contributed by atoms with Crippen molar-refractivity contribution >= 4 is 27.0 Å². The molecule has 0 fully saturated rings. The monoisotopic (exact) mass is 478 g/mol. The lowest BCUT2D eigenvalue weighted by Crippen LogP contribution is -2.29. The van der Waals surface area contributed by atoms with Gasteiger partial charge in [0.1, 0.15) is 16.5 Å². The molecule has 34 heavy (non-hydrogen) atoms. The highest BCUT2D eigenvalue weighted by molar-refractivity contribution is 7.89. The second-order valence-electron chi connectivity index (χ2n) is 7.95. The standard InChI is InChI=1S/C25H26N4O4S/c1-17(24-27-20-11-7-8-12-21(20)28-24)26-25(30)19-13-14-22(33-3)23(15-19)34(31,32)29(2)16-18-9-5-4-6-10-18/h4-15,17H,16H2,1-3H3,(H,26,30)(H,27,28). The van der Waals surface area contributed by atoms with E-state index in [4.69, 9.17) is 4.74 Å². The average Bonchev–Trinajstić information content (AvgIpc) is 3.29. The fourth-order valence-electron chi connectivity index (χ4n) is 3.64. The van der Waals surface area contributed by atoms with Gasteiger partial charge < -0.3 is 15.0 Å². The lowest BCUT2D eigenvalue weighted by atomic mass is 10.2. The summed E-state index contributed by atoms with van der Waals surface area (Å²) in [6, 6.07) is 20.8. The SMILES string of the molecule is COc1ccc(C(=O)NC(C)c2nc3ccccc3[nH]2)cc1S(=O)(=O)N(C)Cc1ccccc1. The average molecular weight is 479 g/mol. The number of para-hydroxylation sites is 2. The number of H-pyrrole nitrogens is 1. The number of imidazole rings is 1. The largest absolute Gasteiger partial charge is 0.495 e. The zero-order chi connectivity index (χ0) is 24.3. The van der Waals surface area contributed by atoms with Crippen molar-refractivity contribution in [1.82, 2.24) is 19.6 Å². The number of methoxy groups -OCH3 is 1. The number of hydrogen-bond acceptors (Lipinski definition) is 5. The number of rotatable bonds is 8. The third kappa shape index (κ3) is 4.80. The first-order valence-corrected chi connectivity index (χ1v) is 12.2. The van der Waals surface area contributed by atoms with Crippen molar-refractivity contribution in [2.45, 2.75) is 24.4 Å². The number of ether oxygens (including phenoxy) is 1. The molecule has 0 spiro atoms. The molecule has 0 aliphatic rings. The first-order chi connectivity index (χ1) is 16.3. The number of hydrogen-bond donors (Lipinski definition) is 2. The van der Waals surface area contributed by atoms with E-state index in [2.05, 4.69) is 15.3 Å². The van der Waals surface area contributed by atoms with Gasteiger partial charge in [-0.15, -0.1) is 0 Å². The van der Waals surface area contributed by atoms with Gasteiger partial charge in [-0.25, -0.2) is 13.4 Å². The van der Waals surface area contributed by atoms with Gasteiger partial charge in [0.05, 0.1) is 24.2 Å². The maximum atomic E-state index is 13.3. The van der Waals surface area contributed by atoms with E-state index in [9.17, 15) is 13.2 Å². The molecule has 0 bridgehead atoms. The van der Waals surface area contributed by atoms with Crippen LogP contribution in [0.3, 0.4) is 0 Å². The summed E-state index contributed by atoms with van der Waals surface area (Å²) in [5.74, 6) is 0.359. The number of aromatic amines is 1. The Labute approximate surface area is 198 Å². The maximum absolute atomic E-state index is 13.3. The normalized spacial score (nSPS) is 12.6. The number of carbonyl (C=O) groups excluding carboxylic acids is 1. The number of sulfonamides is 1. The van der Waals surface area contributed by atoms with Crippen molar-refractivity contribution in [3.8, 4) is 5.75 Å². The van der Waals surface area contributed by atoms with Gasteiger partial charge in [-0.3, -0.25) is 4.79 Å². The molecule has 9 heteroatoms. The zero-order valence-electron chi connectivity index (χ0n) is 19.1. The van der Waals surface area contributed by atoms with Crippen LogP contribution in [0.1, 0.15) is 34.7 Å². The van der Waals surface area contributed by atoms with Crippen molar-refractivity contribution in [3.05, 3.63) is 89.7 Å². The minimum Gasteiger partial charge on any atom is -0.495 e. The molecule has 1 heterocycles. The third-order valence-electron chi connectivity index (χ3n) is 5.53. The first-order valence-electron chi connectivity index (χ1n) is 10.7. The Hall–Kier alpha value is -3.69. The van der Waals surface area contributed by atoms with E-state index in [1.165, 1.54) is 36.7 Å². The highest BCUT2D eigenvalue weighted by Gasteiger charge is 2.27. The van der Waals surface area contributed by atoms with Crippen LogP contribution in [-0.2, 0) is 16.6 Å². The fourth-order valence-corrected chi connectivity index (χ4v) is 4.98. The molecule has 0 aliphatic carbocycles. The molecule has 0 radical (unpaired) electrons. The number of benzene rings is 3. The van der Waals surface area contributed by atoms with E-state index < -0.39 is 22.0 Å². The smallest absolute Gasteiger partial charge is 0.251 e. The summed E-state index contributed by atoms with van der Waals surface area (Å²) in [6.07, 6.45) is 0. The molecule has 1 atom stereocenters. The number of aromatic nitrogens is 2. The van der Waals surface area contributed by atoms with Crippen LogP contribution in [-0.4, -0.2) is 42.8 Å². The van der Waals surface area contributed by atoms with Gasteiger partial charge in [-0.1, -0.05) is 42.5 Å². The number of nitrogens with zero attached hydrogens (tertiary/aromatic N) is 2. The lowest BCUT2D eigenvalue weighted by Gasteiger charge is -2.20. The number of carbonyl (C=O) groups is 1. The predicted octanol–water partition coefficient (Wildman–Crippen LogP) is 3.88. The quantitative estimate of drug-likeness (QED) is 0.400. The molecular weight excluding hydrogens is 452 g/mol. The number of fused-ring (bicyclic) bond motifs is 1. The molecule has 1 amide bonds. The van der Waals surface area contributed by atoms with Gasteiger partial charge in [0, 0.05) is 19.2 Å². The van der Waals surface area contributed by atoms with Crippen LogP contribution in [0, 0.1) is 0 Å². The second-order valence-corrected chi connectivity index (χ2v) is 9.96. The summed E-state index contributed by atoms with van der Waals surface area (Å²) >= 11 is 0. The predicted molar refractivity (Wildman–Crippen MR) is 130 cm³/mol. The van der Waals surface area contributed by atoms with E-state index in [1.807, 2.05) is 61.5 Å². The molecule has 4 rings (SSSR count). The van der Waals surface area contributed by atoms with Gasteiger partial charge >= 0.3 is 0 Å². The molecule has 0 saturated heterocycles. The molecule has 176 valence electrons. The van der Waals surface area contributed by atoms with E-state index in [1.54, 1.807) is 0 Å². The van der Waals surface area contributed by atoms with Crippen LogP contribution >= 0.6 is 0 Å². The van der Waals surface area contributed by atoms with Crippen molar-refractivity contribution in [2.24, 2.45) is 0 Å². The minimum absolute atomic E-state index is 0.0718. The fraction of sp³-hybridized carbons (Fsp3) is 0.200. The molecule has 3 aromatic carbocycles. The van der Waals surface area contributed by atoms with Gasteiger partial charge in [-0.05, 0) is 42.8 Å². The summed E-state index contributed by atoms with van der Waals surface area (Å²) in [6.45, 7) is 2.00. The highest BCUT2D eigenvalue weighted by atomic mass is 32.2. The molecule has 0 aliphatic heterocycles. The third-order valence-corrected chi connectivity index (χ3v) is 7.35. The van der Waals surface area contributed by atoms with Crippen molar-refractivity contribution in [1.29, 1.82) is 0 Å². The Morgan fingerprint density at radius 2 is 1.79 bits per heavy atom. The first kappa shape index (κ1) is 23.5. The minimum atomic E-state index is -3.92. The molecular formula is C25H26N4O4S. The van der Waals surface area contributed by atoms with Gasteiger partial charge in [-0.2, -0.15) is 4.31 Å². The van der Waals surface area contributed by atoms with Gasteiger partial charge in [0.25, 0.3) is 5.91 Å². The van der Waals surface area contributed by atoms with Crippen LogP contribution in [0.5, 0.6) is 5.75 Å². The Kier molecular flexibility index (Phi) is 6.67. The van der Waals surface area contributed by atoms with E-state index in [0.29, 0.717) is 5.82 Å².